The number of imidazole rings is 1. The van der Waals surface area contributed by atoms with E-state index in [-0.39, 0.29) is 12.5 Å². The van der Waals surface area contributed by atoms with Crippen LogP contribution in [0.3, 0.4) is 0 Å². The first-order valence-electron chi connectivity index (χ1n) is 8.68. The molecule has 1 aliphatic rings. The molecular weight excluding hydrogens is 357 g/mol. The Morgan fingerprint density at radius 2 is 1.85 bits per heavy atom. The normalized spacial score (nSPS) is 14.9. The summed E-state index contributed by atoms with van der Waals surface area (Å²) < 4.78 is 39.8. The van der Waals surface area contributed by atoms with E-state index in [1.54, 1.807) is 23.0 Å². The Balaban J connectivity index is 1.57. The number of fused-ring (bicyclic) bond motifs is 1. The molecule has 0 aliphatic carbocycles. The lowest BCUT2D eigenvalue weighted by molar-refractivity contribution is -0.137. The zero-order valence-electron chi connectivity index (χ0n) is 14.4. The Labute approximate surface area is 153 Å². The first-order valence-corrected chi connectivity index (χ1v) is 8.68. The molecule has 2 aromatic heterocycles. The number of hydrogen-bond acceptors (Lipinski definition) is 3. The van der Waals surface area contributed by atoms with Gasteiger partial charge in [-0.25, -0.2) is 4.98 Å². The van der Waals surface area contributed by atoms with E-state index >= 15 is 0 Å². The Morgan fingerprint density at radius 3 is 2.52 bits per heavy atom. The third-order valence-corrected chi connectivity index (χ3v) is 4.77. The number of halogens is 3. The van der Waals surface area contributed by atoms with Crippen LogP contribution in [-0.2, 0) is 17.5 Å². The van der Waals surface area contributed by atoms with Gasteiger partial charge in [-0.05, 0) is 37.1 Å². The summed E-state index contributed by atoms with van der Waals surface area (Å²) in [5, 5.41) is 0. The van der Waals surface area contributed by atoms with Gasteiger partial charge in [0.1, 0.15) is 6.54 Å². The predicted octanol–water partition coefficient (Wildman–Crippen LogP) is 3.74. The van der Waals surface area contributed by atoms with Crippen molar-refractivity contribution in [3.63, 3.8) is 0 Å². The molecule has 27 heavy (non-hydrogen) atoms. The predicted molar refractivity (Wildman–Crippen MR) is 93.8 cm³/mol. The summed E-state index contributed by atoms with van der Waals surface area (Å²) >= 11 is 0. The van der Waals surface area contributed by atoms with Gasteiger partial charge >= 0.3 is 6.18 Å². The first kappa shape index (κ1) is 17.5. The van der Waals surface area contributed by atoms with Gasteiger partial charge < -0.3 is 9.47 Å². The Morgan fingerprint density at radius 1 is 1.07 bits per heavy atom. The Bertz CT molecular complexity index is 973. The van der Waals surface area contributed by atoms with Crippen molar-refractivity contribution in [3.8, 4) is 11.3 Å². The largest absolute Gasteiger partial charge is 0.417 e. The van der Waals surface area contributed by atoms with E-state index in [2.05, 4.69) is 9.97 Å². The standard InChI is InChI=1S/C19H17F3N4O/c20-19(21,22)14-4-5-15(23-10-14)13-3-6-17-16(9-13)24-12-26(17)11-18(27)25-7-1-2-8-25/h3-6,9-10,12H,1-2,7-8,11H2. The summed E-state index contributed by atoms with van der Waals surface area (Å²) in [7, 11) is 0. The number of likely N-dealkylation sites (tertiary alicyclic amines) is 1. The molecule has 1 fully saturated rings. The second kappa shape index (κ2) is 6.68. The van der Waals surface area contributed by atoms with Crippen LogP contribution in [0.5, 0.6) is 0 Å². The maximum Gasteiger partial charge on any atom is 0.417 e. The average Bonchev–Trinajstić information content (AvgIpc) is 3.31. The first-order chi connectivity index (χ1) is 12.9. The second-order valence-corrected chi connectivity index (χ2v) is 6.59. The van der Waals surface area contributed by atoms with Crippen LogP contribution in [0.25, 0.3) is 22.3 Å². The van der Waals surface area contributed by atoms with Crippen LogP contribution < -0.4 is 0 Å². The van der Waals surface area contributed by atoms with Gasteiger partial charge in [0.15, 0.2) is 0 Å². The molecular formula is C19H17F3N4O. The van der Waals surface area contributed by atoms with Gasteiger partial charge in [0, 0.05) is 24.8 Å². The van der Waals surface area contributed by atoms with Crippen LogP contribution in [0.2, 0.25) is 0 Å². The lowest BCUT2D eigenvalue weighted by Gasteiger charge is -2.15. The van der Waals surface area contributed by atoms with Gasteiger partial charge in [-0.2, -0.15) is 13.2 Å². The van der Waals surface area contributed by atoms with Crippen LogP contribution in [0, 0.1) is 0 Å². The third kappa shape index (κ3) is 3.51. The Hall–Kier alpha value is -2.90. The molecule has 3 aromatic rings. The van der Waals surface area contributed by atoms with Crippen molar-refractivity contribution < 1.29 is 18.0 Å². The molecule has 0 bridgehead atoms. The van der Waals surface area contributed by atoms with E-state index in [0.717, 1.165) is 43.7 Å². The molecule has 0 radical (unpaired) electrons. The summed E-state index contributed by atoms with van der Waals surface area (Å²) in [6.45, 7) is 1.83. The summed E-state index contributed by atoms with van der Waals surface area (Å²) in [5.41, 5.74) is 1.80. The maximum absolute atomic E-state index is 12.7. The maximum atomic E-state index is 12.7. The smallest absolute Gasteiger partial charge is 0.341 e. The summed E-state index contributed by atoms with van der Waals surface area (Å²) in [6.07, 6.45) is 0.116. The van der Waals surface area contributed by atoms with E-state index in [1.807, 2.05) is 11.0 Å². The fourth-order valence-electron chi connectivity index (χ4n) is 3.29. The molecule has 3 heterocycles. The summed E-state index contributed by atoms with van der Waals surface area (Å²) in [5.74, 6) is 0.0697. The van der Waals surface area contributed by atoms with Crippen molar-refractivity contribution >= 4 is 16.9 Å². The highest BCUT2D eigenvalue weighted by Gasteiger charge is 2.30. The molecule has 8 heteroatoms. The van der Waals surface area contributed by atoms with Crippen LogP contribution in [0.15, 0.2) is 42.9 Å². The lowest BCUT2D eigenvalue weighted by atomic mass is 10.1. The summed E-state index contributed by atoms with van der Waals surface area (Å²) in [4.78, 5) is 22.4. The number of carbonyl (C=O) groups excluding carboxylic acids is 1. The van der Waals surface area contributed by atoms with Crippen molar-refractivity contribution in [1.82, 2.24) is 19.4 Å². The lowest BCUT2D eigenvalue weighted by Crippen LogP contribution is -2.30. The Kier molecular flexibility index (Phi) is 4.33. The van der Waals surface area contributed by atoms with Gasteiger partial charge in [0.2, 0.25) is 5.91 Å². The molecule has 0 N–H and O–H groups in total. The summed E-state index contributed by atoms with van der Waals surface area (Å²) in [6, 6.07) is 7.71. The molecule has 0 unspecified atom stereocenters. The van der Waals surface area contributed by atoms with Crippen molar-refractivity contribution in [2.75, 3.05) is 13.1 Å². The van der Waals surface area contributed by atoms with Gasteiger partial charge in [0.25, 0.3) is 0 Å². The van der Waals surface area contributed by atoms with Crippen LogP contribution in [0.1, 0.15) is 18.4 Å². The molecule has 140 valence electrons. The second-order valence-electron chi connectivity index (χ2n) is 6.59. The highest BCUT2D eigenvalue weighted by molar-refractivity contribution is 5.83. The van der Waals surface area contributed by atoms with Crippen LogP contribution in [-0.4, -0.2) is 38.4 Å². The fraction of sp³-hybridized carbons (Fsp3) is 0.316. The molecule has 1 amide bonds. The third-order valence-electron chi connectivity index (χ3n) is 4.77. The van der Waals surface area contributed by atoms with Crippen molar-refractivity contribution in [3.05, 3.63) is 48.4 Å². The topological polar surface area (TPSA) is 51.0 Å². The molecule has 0 saturated carbocycles. The number of alkyl halides is 3. The minimum Gasteiger partial charge on any atom is -0.341 e. The molecule has 0 spiro atoms. The number of carbonyl (C=O) groups is 1. The minimum atomic E-state index is -4.41. The molecule has 1 aromatic carbocycles. The van der Waals surface area contributed by atoms with Gasteiger partial charge in [0.05, 0.1) is 28.6 Å². The van der Waals surface area contributed by atoms with E-state index in [0.29, 0.717) is 16.8 Å². The van der Waals surface area contributed by atoms with Crippen molar-refractivity contribution in [2.45, 2.75) is 25.6 Å². The van der Waals surface area contributed by atoms with E-state index in [9.17, 15) is 18.0 Å². The average molecular weight is 374 g/mol. The van der Waals surface area contributed by atoms with Crippen LogP contribution >= 0.6 is 0 Å². The van der Waals surface area contributed by atoms with Crippen molar-refractivity contribution in [1.29, 1.82) is 0 Å². The number of rotatable bonds is 3. The monoisotopic (exact) mass is 374 g/mol. The quantitative estimate of drug-likeness (QED) is 0.702. The number of pyridine rings is 1. The van der Waals surface area contributed by atoms with E-state index in [1.165, 1.54) is 6.07 Å². The fourth-order valence-corrected chi connectivity index (χ4v) is 3.29. The van der Waals surface area contributed by atoms with Gasteiger partial charge in [-0.3, -0.25) is 9.78 Å². The van der Waals surface area contributed by atoms with Gasteiger partial charge in [-0.1, -0.05) is 6.07 Å². The van der Waals surface area contributed by atoms with E-state index in [4.69, 9.17) is 0 Å². The molecule has 1 saturated heterocycles. The molecule has 1 aliphatic heterocycles. The number of nitrogens with zero attached hydrogens (tertiary/aromatic N) is 4. The molecule has 0 atom stereocenters. The van der Waals surface area contributed by atoms with E-state index < -0.39 is 11.7 Å². The minimum absolute atomic E-state index is 0.0697. The number of aromatic nitrogens is 3. The van der Waals surface area contributed by atoms with Gasteiger partial charge in [-0.15, -0.1) is 0 Å². The zero-order chi connectivity index (χ0) is 19.0. The molecule has 4 rings (SSSR count). The van der Waals surface area contributed by atoms with Crippen molar-refractivity contribution in [2.24, 2.45) is 0 Å². The number of hydrogen-bond donors (Lipinski definition) is 0. The number of benzene rings is 1. The highest BCUT2D eigenvalue weighted by atomic mass is 19.4. The van der Waals surface area contributed by atoms with Crippen LogP contribution in [0.4, 0.5) is 13.2 Å². The number of amides is 1. The zero-order valence-corrected chi connectivity index (χ0v) is 14.4. The molecule has 5 nitrogen and oxygen atoms in total. The highest BCUT2D eigenvalue weighted by Crippen LogP contribution is 2.30. The SMILES string of the molecule is O=C(Cn1cnc2cc(-c3ccc(C(F)(F)F)cn3)ccc21)N1CCCC1.